The standard InChI is InChI=1S/C24H30O6/c1-12-8-16-15-5-4-13-9-14(25)6-7-23(13,3)24(15)18(30-24)11-22(16,2)20(12)21(29)17(26)10-19(27)28/h6-7,9,12,15-18,26,29H,4-5,8,10-11H2,1-3H3,(H,27,28)/t12-,15+,16+,17?,18+,22+,23+,24-/m1/s1. The molecule has 5 rings (SSSR count). The Labute approximate surface area is 176 Å². The lowest BCUT2D eigenvalue weighted by Crippen LogP contribution is -2.56. The first kappa shape index (κ1) is 20.0. The second-order valence-electron chi connectivity index (χ2n) is 10.4. The number of hydrogen-bond donors (Lipinski definition) is 3. The summed E-state index contributed by atoms with van der Waals surface area (Å²) in [6, 6.07) is 0. The second-order valence-corrected chi connectivity index (χ2v) is 10.4. The molecule has 0 bridgehead atoms. The molecule has 4 aliphatic carbocycles. The molecule has 3 N–H and O–H groups in total. The van der Waals surface area contributed by atoms with Crippen molar-refractivity contribution in [1.29, 1.82) is 0 Å². The Morgan fingerprint density at radius 1 is 1.30 bits per heavy atom. The van der Waals surface area contributed by atoms with E-state index in [4.69, 9.17) is 9.84 Å². The van der Waals surface area contributed by atoms with Crippen molar-refractivity contribution >= 4 is 11.8 Å². The first-order valence-corrected chi connectivity index (χ1v) is 11.0. The van der Waals surface area contributed by atoms with Gasteiger partial charge in [-0.2, -0.15) is 0 Å². The highest BCUT2D eigenvalue weighted by Gasteiger charge is 2.78. The molecule has 162 valence electrons. The van der Waals surface area contributed by atoms with E-state index in [9.17, 15) is 19.8 Å². The van der Waals surface area contributed by atoms with Crippen LogP contribution < -0.4 is 0 Å². The molecule has 0 aromatic rings. The molecule has 30 heavy (non-hydrogen) atoms. The summed E-state index contributed by atoms with van der Waals surface area (Å²) in [4.78, 5) is 23.0. The molecule has 1 saturated heterocycles. The number of rotatable bonds is 3. The van der Waals surface area contributed by atoms with Crippen LogP contribution in [0.5, 0.6) is 0 Å². The summed E-state index contributed by atoms with van der Waals surface area (Å²) in [6.45, 7) is 6.41. The Balaban J connectivity index is 1.55. The third-order valence-electron chi connectivity index (χ3n) is 9.00. The van der Waals surface area contributed by atoms with Crippen LogP contribution in [0.1, 0.15) is 52.9 Å². The molecule has 3 saturated carbocycles. The van der Waals surface area contributed by atoms with Gasteiger partial charge in [-0.05, 0) is 73.5 Å². The normalized spacial score (nSPS) is 48.7. The maximum Gasteiger partial charge on any atom is 0.306 e. The van der Waals surface area contributed by atoms with Gasteiger partial charge < -0.3 is 20.1 Å². The van der Waals surface area contributed by atoms with Gasteiger partial charge in [0.25, 0.3) is 0 Å². The van der Waals surface area contributed by atoms with Gasteiger partial charge >= 0.3 is 5.97 Å². The number of carbonyl (C=O) groups is 2. The predicted molar refractivity (Wildman–Crippen MR) is 109 cm³/mol. The van der Waals surface area contributed by atoms with Gasteiger partial charge in [-0.15, -0.1) is 0 Å². The van der Waals surface area contributed by atoms with Gasteiger partial charge in [0.1, 0.15) is 17.5 Å². The fourth-order valence-corrected chi connectivity index (χ4v) is 7.79. The van der Waals surface area contributed by atoms with Crippen molar-refractivity contribution in [3.63, 3.8) is 0 Å². The van der Waals surface area contributed by atoms with E-state index in [-0.39, 0.29) is 45.9 Å². The van der Waals surface area contributed by atoms with Crippen LogP contribution in [0.3, 0.4) is 0 Å². The molecule has 1 spiro atoms. The molecule has 6 heteroatoms. The van der Waals surface area contributed by atoms with E-state index in [0.717, 1.165) is 31.3 Å². The fraction of sp³-hybridized carbons (Fsp3) is 0.667. The lowest BCUT2D eigenvalue weighted by atomic mass is 9.48. The second kappa shape index (κ2) is 6.07. The van der Waals surface area contributed by atoms with Crippen LogP contribution in [0.15, 0.2) is 35.1 Å². The van der Waals surface area contributed by atoms with E-state index < -0.39 is 18.5 Å². The summed E-state index contributed by atoms with van der Waals surface area (Å²) in [7, 11) is 0. The molecule has 1 aliphatic heterocycles. The molecule has 5 aliphatic rings. The minimum absolute atomic E-state index is 0.0278. The van der Waals surface area contributed by atoms with Gasteiger partial charge in [-0.1, -0.05) is 25.5 Å². The van der Waals surface area contributed by atoms with Gasteiger partial charge in [0.05, 0.1) is 12.5 Å². The van der Waals surface area contributed by atoms with Gasteiger partial charge in [0.15, 0.2) is 5.78 Å². The van der Waals surface area contributed by atoms with E-state index in [1.54, 1.807) is 12.2 Å². The SMILES string of the molecule is C[C@@H]1C[C@H]2[C@@H]3CCC4=CC(=O)C=C[C@]4(C)[C@@]34O[C@H]4C[C@]2(C)C1=C(O)C(O)CC(=O)O. The van der Waals surface area contributed by atoms with E-state index in [0.29, 0.717) is 5.92 Å². The van der Waals surface area contributed by atoms with Crippen LogP contribution >= 0.6 is 0 Å². The molecule has 1 unspecified atom stereocenters. The Morgan fingerprint density at radius 3 is 2.73 bits per heavy atom. The monoisotopic (exact) mass is 414 g/mol. The number of allylic oxidation sites excluding steroid dienone is 3. The van der Waals surface area contributed by atoms with Crippen molar-refractivity contribution in [2.24, 2.45) is 28.6 Å². The minimum Gasteiger partial charge on any atom is -0.510 e. The number of ketones is 1. The highest BCUT2D eigenvalue weighted by Crippen LogP contribution is 2.75. The molecule has 0 aromatic heterocycles. The summed E-state index contributed by atoms with van der Waals surface area (Å²) in [5, 5.41) is 30.2. The van der Waals surface area contributed by atoms with Crippen LogP contribution in [0.2, 0.25) is 0 Å². The van der Waals surface area contributed by atoms with Crippen LogP contribution in [0, 0.1) is 28.6 Å². The molecule has 0 radical (unpaired) electrons. The van der Waals surface area contributed by atoms with Gasteiger partial charge in [-0.3, -0.25) is 9.59 Å². The van der Waals surface area contributed by atoms with Gasteiger partial charge in [0, 0.05) is 5.41 Å². The lowest BCUT2D eigenvalue weighted by Gasteiger charge is -2.54. The highest BCUT2D eigenvalue weighted by atomic mass is 16.6. The van der Waals surface area contributed by atoms with Gasteiger partial charge in [-0.25, -0.2) is 0 Å². The number of aliphatic hydroxyl groups is 2. The first-order chi connectivity index (χ1) is 14.0. The van der Waals surface area contributed by atoms with Gasteiger partial charge in [0.2, 0.25) is 0 Å². The Hall–Kier alpha value is -1.92. The third-order valence-corrected chi connectivity index (χ3v) is 9.00. The maximum absolute atomic E-state index is 12.0. The van der Waals surface area contributed by atoms with Crippen molar-refractivity contribution in [3.05, 3.63) is 35.1 Å². The number of carboxylic acid groups (broad SMARTS) is 1. The number of fused-ring (bicyclic) bond motifs is 3. The summed E-state index contributed by atoms with van der Waals surface area (Å²) < 4.78 is 6.50. The smallest absolute Gasteiger partial charge is 0.306 e. The molecule has 1 heterocycles. The predicted octanol–water partition coefficient (Wildman–Crippen LogP) is 3.32. The van der Waals surface area contributed by atoms with Crippen molar-refractivity contribution in [2.75, 3.05) is 0 Å². The quantitative estimate of drug-likeness (QED) is 0.483. The van der Waals surface area contributed by atoms with E-state index in [2.05, 4.69) is 20.8 Å². The first-order valence-electron chi connectivity index (χ1n) is 11.0. The Kier molecular flexibility index (Phi) is 4.05. The molecule has 8 atom stereocenters. The van der Waals surface area contributed by atoms with E-state index >= 15 is 0 Å². The molecule has 0 aromatic carbocycles. The third kappa shape index (κ3) is 2.32. The molecule has 0 amide bonds. The number of carbonyl (C=O) groups excluding carboxylic acids is 1. The number of aliphatic carboxylic acids is 1. The zero-order valence-corrected chi connectivity index (χ0v) is 17.7. The number of aliphatic hydroxyl groups excluding tert-OH is 2. The zero-order valence-electron chi connectivity index (χ0n) is 17.7. The topological polar surface area (TPSA) is 107 Å². The van der Waals surface area contributed by atoms with Crippen molar-refractivity contribution in [2.45, 2.75) is 70.7 Å². The average Bonchev–Trinajstić information content (AvgIpc) is 3.30. The summed E-state index contributed by atoms with van der Waals surface area (Å²) in [5.74, 6) is -0.587. The number of epoxide rings is 1. The fourth-order valence-electron chi connectivity index (χ4n) is 7.79. The Morgan fingerprint density at radius 2 is 2.03 bits per heavy atom. The van der Waals surface area contributed by atoms with Crippen LogP contribution in [-0.4, -0.2) is 44.9 Å². The molecule has 6 nitrogen and oxygen atoms in total. The summed E-state index contributed by atoms with van der Waals surface area (Å²) in [5.41, 5.74) is 1.06. The van der Waals surface area contributed by atoms with Crippen molar-refractivity contribution in [1.82, 2.24) is 0 Å². The average molecular weight is 414 g/mol. The van der Waals surface area contributed by atoms with Crippen LogP contribution in [-0.2, 0) is 14.3 Å². The number of hydrogen-bond acceptors (Lipinski definition) is 5. The highest BCUT2D eigenvalue weighted by molar-refractivity contribution is 6.01. The summed E-state index contributed by atoms with van der Waals surface area (Å²) >= 11 is 0. The molecular formula is C24H30O6. The zero-order chi connectivity index (χ0) is 21.6. The maximum atomic E-state index is 12.0. The largest absolute Gasteiger partial charge is 0.510 e. The van der Waals surface area contributed by atoms with Crippen molar-refractivity contribution in [3.8, 4) is 0 Å². The van der Waals surface area contributed by atoms with E-state index in [1.807, 2.05) is 6.08 Å². The van der Waals surface area contributed by atoms with Crippen molar-refractivity contribution < 1.29 is 29.6 Å². The van der Waals surface area contributed by atoms with Crippen LogP contribution in [0.4, 0.5) is 0 Å². The Bertz CT molecular complexity index is 930. The number of ether oxygens (including phenoxy) is 1. The molecule has 4 fully saturated rings. The minimum atomic E-state index is -1.38. The summed E-state index contributed by atoms with van der Waals surface area (Å²) in [6.07, 6.45) is 7.08. The lowest BCUT2D eigenvalue weighted by molar-refractivity contribution is -0.139. The number of carboxylic acids is 1. The van der Waals surface area contributed by atoms with Crippen LogP contribution in [0.25, 0.3) is 0 Å². The van der Waals surface area contributed by atoms with E-state index in [1.165, 1.54) is 5.57 Å². The molecular weight excluding hydrogens is 384 g/mol.